The second kappa shape index (κ2) is 8.20. The van der Waals surface area contributed by atoms with Crippen LogP contribution in [0, 0.1) is 52.3 Å². The quantitative estimate of drug-likeness (QED) is 0.366. The topological polar surface area (TPSA) is 0 Å². The number of hydrogen-bond acceptors (Lipinski definition) is 0. The summed E-state index contributed by atoms with van der Waals surface area (Å²) >= 11 is 3.97. The van der Waals surface area contributed by atoms with Gasteiger partial charge in [-0.15, -0.1) is 0 Å². The summed E-state index contributed by atoms with van der Waals surface area (Å²) in [6, 6.07) is 0. The molecule has 4 fully saturated rings. The normalized spacial score (nSPS) is 49.4. The van der Waals surface area contributed by atoms with Crippen molar-refractivity contribution in [3.8, 4) is 0 Å². The second-order valence-electron chi connectivity index (χ2n) is 12.6. The van der Waals surface area contributed by atoms with Gasteiger partial charge in [-0.2, -0.15) is 0 Å². The lowest BCUT2D eigenvalue weighted by atomic mass is 9.44. The minimum absolute atomic E-state index is 0.661. The van der Waals surface area contributed by atoms with E-state index in [0.717, 1.165) is 46.3 Å². The number of halogens is 1. The first-order chi connectivity index (χ1) is 13.3. The molecule has 4 aliphatic rings. The van der Waals surface area contributed by atoms with E-state index in [2.05, 4.69) is 50.5 Å². The molecule has 4 aliphatic carbocycles. The molecule has 4 saturated carbocycles. The first kappa shape index (κ1) is 21.7. The predicted molar refractivity (Wildman–Crippen MR) is 126 cm³/mol. The van der Waals surface area contributed by atoms with Crippen LogP contribution in [0.4, 0.5) is 0 Å². The Morgan fingerprint density at radius 1 is 0.821 bits per heavy atom. The van der Waals surface area contributed by atoms with E-state index in [1.807, 2.05) is 0 Å². The first-order valence-corrected chi connectivity index (χ1v) is 13.8. The second-order valence-corrected chi connectivity index (χ2v) is 13.9. The van der Waals surface area contributed by atoms with Crippen molar-refractivity contribution in [2.75, 3.05) is 0 Å². The van der Waals surface area contributed by atoms with Crippen LogP contribution in [0.15, 0.2) is 0 Å². The maximum Gasteiger partial charge on any atom is 0.0148 e. The zero-order valence-electron chi connectivity index (χ0n) is 19.5. The molecule has 0 spiro atoms. The van der Waals surface area contributed by atoms with Gasteiger partial charge in [-0.25, -0.2) is 0 Å². The highest BCUT2D eigenvalue weighted by Gasteiger charge is 2.60. The average molecular weight is 452 g/mol. The van der Waals surface area contributed by atoms with E-state index >= 15 is 0 Å². The summed E-state index contributed by atoms with van der Waals surface area (Å²) in [6.45, 7) is 12.9. The molecule has 28 heavy (non-hydrogen) atoms. The fourth-order valence-corrected chi connectivity index (χ4v) is 9.91. The molecular formula is C27H47Br. The molecule has 0 aromatic carbocycles. The van der Waals surface area contributed by atoms with Crippen molar-refractivity contribution in [3.63, 3.8) is 0 Å². The van der Waals surface area contributed by atoms with Gasteiger partial charge in [0.2, 0.25) is 0 Å². The lowest BCUT2D eigenvalue weighted by Crippen LogP contribution is -2.53. The van der Waals surface area contributed by atoms with Gasteiger partial charge in [-0.3, -0.25) is 0 Å². The van der Waals surface area contributed by atoms with Gasteiger partial charge in [0.1, 0.15) is 0 Å². The van der Waals surface area contributed by atoms with Gasteiger partial charge in [0.15, 0.2) is 0 Å². The summed E-state index contributed by atoms with van der Waals surface area (Å²) in [4.78, 5) is 0.804. The minimum atomic E-state index is 0.661. The molecule has 0 nitrogen and oxygen atoms in total. The Kier molecular flexibility index (Phi) is 6.35. The van der Waals surface area contributed by atoms with Crippen molar-refractivity contribution in [2.24, 2.45) is 52.3 Å². The Morgan fingerprint density at radius 2 is 1.54 bits per heavy atom. The first-order valence-electron chi connectivity index (χ1n) is 12.9. The van der Waals surface area contributed by atoms with Gasteiger partial charge in [0, 0.05) is 4.83 Å². The molecule has 0 unspecified atom stereocenters. The zero-order chi connectivity index (χ0) is 20.1. The van der Waals surface area contributed by atoms with E-state index in [0.29, 0.717) is 10.8 Å². The van der Waals surface area contributed by atoms with Crippen LogP contribution in [0.3, 0.4) is 0 Å². The maximum absolute atomic E-state index is 3.97. The van der Waals surface area contributed by atoms with Crippen LogP contribution in [0.1, 0.15) is 112 Å². The highest BCUT2D eigenvalue weighted by atomic mass is 79.9. The number of hydrogen-bond donors (Lipinski definition) is 0. The molecular weight excluding hydrogens is 404 g/mol. The van der Waals surface area contributed by atoms with Crippen LogP contribution >= 0.6 is 15.9 Å². The van der Waals surface area contributed by atoms with E-state index in [4.69, 9.17) is 0 Å². The summed E-state index contributed by atoms with van der Waals surface area (Å²) in [6.07, 6.45) is 18.0. The number of rotatable bonds is 5. The van der Waals surface area contributed by atoms with Crippen molar-refractivity contribution in [1.82, 2.24) is 0 Å². The smallest absolute Gasteiger partial charge is 0.0148 e. The van der Waals surface area contributed by atoms with Gasteiger partial charge in [0.05, 0.1) is 0 Å². The summed E-state index contributed by atoms with van der Waals surface area (Å²) < 4.78 is 0. The van der Waals surface area contributed by atoms with Gasteiger partial charge in [-0.1, -0.05) is 69.8 Å². The molecule has 0 aromatic rings. The summed E-state index contributed by atoms with van der Waals surface area (Å²) in [7, 11) is 0. The minimum Gasteiger partial charge on any atom is -0.0891 e. The summed E-state index contributed by atoms with van der Waals surface area (Å²) in [5.41, 5.74) is 1.32. The molecule has 0 N–H and O–H groups in total. The molecule has 0 aromatic heterocycles. The van der Waals surface area contributed by atoms with Crippen LogP contribution < -0.4 is 0 Å². The van der Waals surface area contributed by atoms with Gasteiger partial charge >= 0.3 is 0 Å². The molecule has 0 amide bonds. The van der Waals surface area contributed by atoms with Crippen molar-refractivity contribution >= 4 is 15.9 Å². The van der Waals surface area contributed by atoms with Crippen LogP contribution in [-0.4, -0.2) is 4.83 Å². The summed E-state index contributed by atoms with van der Waals surface area (Å²) in [5, 5.41) is 0. The number of alkyl halides is 1. The molecule has 1 heteroatoms. The van der Waals surface area contributed by atoms with Crippen molar-refractivity contribution < 1.29 is 0 Å². The molecule has 0 aliphatic heterocycles. The molecule has 4 rings (SSSR count). The third-order valence-electron chi connectivity index (χ3n) is 10.8. The summed E-state index contributed by atoms with van der Waals surface area (Å²) in [5.74, 6) is 6.97. The molecule has 0 heterocycles. The molecule has 0 radical (unpaired) electrons. The van der Waals surface area contributed by atoms with Crippen molar-refractivity contribution in [3.05, 3.63) is 0 Å². The van der Waals surface area contributed by atoms with E-state index in [9.17, 15) is 0 Å². The standard InChI is InChI=1S/C27H47Br/c1-18(2)7-6-8-19(3)23-11-12-24-22-10-9-20-17-21(28)13-15-26(20,4)25(22)14-16-27(23,24)5/h18-25H,6-17H2,1-5H3/t19-,20+,21+,22+,23-,24+,25+,26+,27-/m1/s1. The van der Waals surface area contributed by atoms with E-state index < -0.39 is 0 Å². The van der Waals surface area contributed by atoms with Gasteiger partial charge < -0.3 is 0 Å². The van der Waals surface area contributed by atoms with E-state index in [1.165, 1.54) is 57.8 Å². The van der Waals surface area contributed by atoms with Crippen LogP contribution in [0.2, 0.25) is 0 Å². The molecule has 162 valence electrons. The third-order valence-corrected chi connectivity index (χ3v) is 11.6. The van der Waals surface area contributed by atoms with E-state index in [-0.39, 0.29) is 0 Å². The maximum atomic E-state index is 3.97. The number of fused-ring (bicyclic) bond motifs is 5. The fourth-order valence-electron chi connectivity index (χ4n) is 9.23. The van der Waals surface area contributed by atoms with Crippen molar-refractivity contribution in [2.45, 2.75) is 116 Å². The largest absolute Gasteiger partial charge is 0.0891 e. The zero-order valence-corrected chi connectivity index (χ0v) is 21.1. The van der Waals surface area contributed by atoms with Crippen LogP contribution in [0.5, 0.6) is 0 Å². The van der Waals surface area contributed by atoms with Crippen LogP contribution in [0.25, 0.3) is 0 Å². The average Bonchev–Trinajstić information content (AvgIpc) is 2.99. The predicted octanol–water partition coefficient (Wildman–Crippen LogP) is 8.87. The van der Waals surface area contributed by atoms with E-state index in [1.54, 1.807) is 19.3 Å². The third kappa shape index (κ3) is 3.67. The van der Waals surface area contributed by atoms with Crippen molar-refractivity contribution in [1.29, 1.82) is 0 Å². The molecule has 0 saturated heterocycles. The Hall–Kier alpha value is 0.480. The Labute approximate surface area is 184 Å². The lowest BCUT2D eigenvalue weighted by molar-refractivity contribution is -0.113. The Bertz CT molecular complexity index is 540. The SMILES string of the molecule is CC(C)CCC[C@@H](C)[C@H]1CC[C@H]2[C@@H]3CC[C@H]4C[C@@H](Br)CC[C@]4(C)[C@H]3CC[C@]12C. The molecule has 9 atom stereocenters. The Morgan fingerprint density at radius 3 is 2.29 bits per heavy atom. The highest BCUT2D eigenvalue weighted by Crippen LogP contribution is 2.68. The molecule has 0 bridgehead atoms. The monoisotopic (exact) mass is 450 g/mol. The fraction of sp³-hybridized carbons (Fsp3) is 1.00. The highest BCUT2D eigenvalue weighted by molar-refractivity contribution is 9.09. The Balaban J connectivity index is 1.46. The lowest BCUT2D eigenvalue weighted by Gasteiger charge is -2.61. The van der Waals surface area contributed by atoms with Crippen LogP contribution in [-0.2, 0) is 0 Å². The van der Waals surface area contributed by atoms with Gasteiger partial charge in [-0.05, 0) is 110 Å². The van der Waals surface area contributed by atoms with Gasteiger partial charge in [0.25, 0.3) is 0 Å².